The Bertz CT molecular complexity index is 1570. The molecule has 9 heteroatoms. The van der Waals surface area contributed by atoms with Gasteiger partial charge >= 0.3 is 0 Å². The summed E-state index contributed by atoms with van der Waals surface area (Å²) in [4.78, 5) is 18.3. The number of aromatic amines is 1. The molecule has 0 aliphatic carbocycles. The lowest BCUT2D eigenvalue weighted by atomic mass is 10.1. The molecule has 0 spiro atoms. The van der Waals surface area contributed by atoms with E-state index in [1.165, 1.54) is 12.1 Å². The van der Waals surface area contributed by atoms with E-state index in [0.717, 1.165) is 16.5 Å². The average Bonchev–Trinajstić information content (AvgIpc) is 3.38. The van der Waals surface area contributed by atoms with Crippen molar-refractivity contribution in [3.8, 4) is 5.75 Å². The van der Waals surface area contributed by atoms with Crippen molar-refractivity contribution < 1.29 is 9.13 Å². The Labute approximate surface area is 219 Å². The number of hydrogen-bond acceptors (Lipinski definition) is 6. The van der Waals surface area contributed by atoms with Crippen LogP contribution in [0.25, 0.3) is 10.9 Å². The number of aromatic nitrogens is 5. The molecular formula is C29H29FN6O2. The number of benzene rings is 3. The van der Waals surface area contributed by atoms with Crippen LogP contribution in [0.1, 0.15) is 41.9 Å². The van der Waals surface area contributed by atoms with Gasteiger partial charge in [-0.3, -0.25) is 9.69 Å². The minimum atomic E-state index is -0.291. The monoisotopic (exact) mass is 512 g/mol. The number of fused-ring (bicyclic) bond motifs is 1. The van der Waals surface area contributed by atoms with E-state index in [4.69, 9.17) is 4.74 Å². The van der Waals surface area contributed by atoms with Gasteiger partial charge in [0.1, 0.15) is 11.6 Å². The van der Waals surface area contributed by atoms with Gasteiger partial charge in [-0.1, -0.05) is 49.4 Å². The zero-order valence-corrected chi connectivity index (χ0v) is 21.3. The molecule has 194 valence electrons. The third-order valence-corrected chi connectivity index (χ3v) is 6.66. The molecule has 0 saturated carbocycles. The summed E-state index contributed by atoms with van der Waals surface area (Å²) < 4.78 is 20.7. The van der Waals surface area contributed by atoms with Crippen LogP contribution in [0.2, 0.25) is 0 Å². The smallest absolute Gasteiger partial charge is 0.252 e. The summed E-state index contributed by atoms with van der Waals surface area (Å²) in [7, 11) is 1.59. The molecule has 8 nitrogen and oxygen atoms in total. The van der Waals surface area contributed by atoms with E-state index in [1.54, 1.807) is 23.9 Å². The van der Waals surface area contributed by atoms with E-state index in [1.807, 2.05) is 54.6 Å². The van der Waals surface area contributed by atoms with Gasteiger partial charge < -0.3 is 9.72 Å². The molecule has 2 heterocycles. The number of hydrogen-bond donors (Lipinski definition) is 1. The Hall–Kier alpha value is -4.37. The van der Waals surface area contributed by atoms with Crippen LogP contribution in [0.5, 0.6) is 5.75 Å². The number of ether oxygens (including phenoxy) is 1. The Kier molecular flexibility index (Phi) is 7.55. The van der Waals surface area contributed by atoms with Crippen LogP contribution >= 0.6 is 0 Å². The molecule has 3 aromatic carbocycles. The fourth-order valence-electron chi connectivity index (χ4n) is 4.71. The molecule has 2 aromatic heterocycles. The number of nitrogens with zero attached hydrogens (tertiary/aromatic N) is 5. The van der Waals surface area contributed by atoms with Gasteiger partial charge in [-0.15, -0.1) is 5.10 Å². The van der Waals surface area contributed by atoms with E-state index in [-0.39, 0.29) is 17.4 Å². The van der Waals surface area contributed by atoms with Crippen LogP contribution in [0, 0.1) is 5.82 Å². The van der Waals surface area contributed by atoms with Crippen LogP contribution in [0.3, 0.4) is 0 Å². The maximum Gasteiger partial charge on any atom is 0.252 e. The highest BCUT2D eigenvalue weighted by atomic mass is 19.1. The summed E-state index contributed by atoms with van der Waals surface area (Å²) in [6, 6.07) is 23.8. The first-order valence-electron chi connectivity index (χ1n) is 12.5. The fraction of sp³-hybridized carbons (Fsp3) is 0.241. The van der Waals surface area contributed by atoms with Gasteiger partial charge in [-0.2, -0.15) is 0 Å². The Morgan fingerprint density at radius 1 is 1.00 bits per heavy atom. The highest BCUT2D eigenvalue weighted by Crippen LogP contribution is 2.27. The van der Waals surface area contributed by atoms with Crippen molar-refractivity contribution in [3.05, 3.63) is 118 Å². The molecule has 0 unspecified atom stereocenters. The normalized spacial score (nSPS) is 12.2. The second kappa shape index (κ2) is 11.4. The quantitative estimate of drug-likeness (QED) is 0.287. The van der Waals surface area contributed by atoms with Crippen molar-refractivity contribution in [3.63, 3.8) is 0 Å². The van der Waals surface area contributed by atoms with Crippen LogP contribution in [-0.4, -0.2) is 37.2 Å². The highest BCUT2D eigenvalue weighted by Gasteiger charge is 2.26. The average molecular weight is 513 g/mol. The molecule has 0 saturated heterocycles. The van der Waals surface area contributed by atoms with Gasteiger partial charge in [0.25, 0.3) is 5.56 Å². The minimum absolute atomic E-state index is 0.173. The van der Waals surface area contributed by atoms with Gasteiger partial charge in [0.15, 0.2) is 5.82 Å². The number of methoxy groups -OCH3 is 1. The van der Waals surface area contributed by atoms with E-state index in [2.05, 4.69) is 32.3 Å². The zero-order valence-electron chi connectivity index (χ0n) is 21.3. The van der Waals surface area contributed by atoms with Gasteiger partial charge in [-0.05, 0) is 63.7 Å². The molecule has 38 heavy (non-hydrogen) atoms. The Balaban J connectivity index is 1.51. The van der Waals surface area contributed by atoms with Crippen LogP contribution in [-0.2, 0) is 19.6 Å². The van der Waals surface area contributed by atoms with Crippen LogP contribution < -0.4 is 10.3 Å². The third-order valence-electron chi connectivity index (χ3n) is 6.66. The molecule has 0 fully saturated rings. The number of rotatable bonds is 10. The maximum absolute atomic E-state index is 13.6. The standard InChI is InChI=1S/C29H29FN6O2/c1-3-27(28-32-33-34-36(28)18-20-7-5-4-6-8-20)35(17-21-9-12-24(30)13-10-21)19-23-15-22-11-14-25(38-2)16-26(22)31-29(23)37/h4-16,27H,3,17-19H2,1-2H3,(H,31,37)/t27-/m0/s1. The van der Waals surface area contributed by atoms with Gasteiger partial charge in [-0.25, -0.2) is 9.07 Å². The number of pyridine rings is 1. The summed E-state index contributed by atoms with van der Waals surface area (Å²) in [5.74, 6) is 1.09. The molecule has 0 aliphatic heterocycles. The number of nitrogens with one attached hydrogen (secondary N) is 1. The third kappa shape index (κ3) is 5.63. The van der Waals surface area contributed by atoms with E-state index in [0.29, 0.717) is 48.7 Å². The SMILES string of the molecule is CC[C@@H](c1nnnn1Cc1ccccc1)N(Cc1ccc(F)cc1)Cc1cc2ccc(OC)cc2[nH]c1=O. The molecule has 1 N–H and O–H groups in total. The summed E-state index contributed by atoms with van der Waals surface area (Å²) in [5, 5.41) is 13.5. The second-order valence-electron chi connectivity index (χ2n) is 9.21. The predicted molar refractivity (Wildman–Crippen MR) is 143 cm³/mol. The highest BCUT2D eigenvalue weighted by molar-refractivity contribution is 5.80. The lowest BCUT2D eigenvalue weighted by Crippen LogP contribution is -2.32. The number of H-pyrrole nitrogens is 1. The van der Waals surface area contributed by atoms with Gasteiger partial charge in [0, 0.05) is 24.7 Å². The largest absolute Gasteiger partial charge is 0.497 e. The molecular weight excluding hydrogens is 483 g/mol. The topological polar surface area (TPSA) is 88.9 Å². The summed E-state index contributed by atoms with van der Waals surface area (Å²) in [6.45, 7) is 3.44. The van der Waals surface area contributed by atoms with E-state index in [9.17, 15) is 9.18 Å². The minimum Gasteiger partial charge on any atom is -0.497 e. The first-order chi connectivity index (χ1) is 18.5. The number of halogens is 1. The lowest BCUT2D eigenvalue weighted by Gasteiger charge is -2.30. The molecule has 1 atom stereocenters. The first-order valence-corrected chi connectivity index (χ1v) is 12.5. The van der Waals surface area contributed by atoms with Crippen LogP contribution in [0.4, 0.5) is 4.39 Å². The van der Waals surface area contributed by atoms with Crippen molar-refractivity contribution in [1.29, 1.82) is 0 Å². The maximum atomic E-state index is 13.6. The van der Waals surface area contributed by atoms with Crippen molar-refractivity contribution >= 4 is 10.9 Å². The molecule has 0 bridgehead atoms. The summed E-state index contributed by atoms with van der Waals surface area (Å²) in [6.07, 6.45) is 0.707. The van der Waals surface area contributed by atoms with E-state index >= 15 is 0 Å². The van der Waals surface area contributed by atoms with E-state index < -0.39 is 0 Å². The number of tetrazole rings is 1. The Morgan fingerprint density at radius 3 is 2.53 bits per heavy atom. The molecule has 0 aliphatic rings. The van der Waals surface area contributed by atoms with Crippen molar-refractivity contribution in [1.82, 2.24) is 30.1 Å². The predicted octanol–water partition coefficient (Wildman–Crippen LogP) is 4.86. The lowest BCUT2D eigenvalue weighted by molar-refractivity contribution is 0.161. The fourth-order valence-corrected chi connectivity index (χ4v) is 4.71. The summed E-state index contributed by atoms with van der Waals surface area (Å²) in [5.41, 5.74) is 3.16. The summed E-state index contributed by atoms with van der Waals surface area (Å²) >= 11 is 0. The molecule has 0 radical (unpaired) electrons. The van der Waals surface area contributed by atoms with Crippen LogP contribution in [0.15, 0.2) is 83.7 Å². The molecule has 0 amide bonds. The van der Waals surface area contributed by atoms with Crippen molar-refractivity contribution in [2.45, 2.75) is 39.0 Å². The van der Waals surface area contributed by atoms with Crippen molar-refractivity contribution in [2.75, 3.05) is 7.11 Å². The first kappa shape index (κ1) is 25.3. The second-order valence-corrected chi connectivity index (χ2v) is 9.21. The Morgan fingerprint density at radius 2 is 1.79 bits per heavy atom. The van der Waals surface area contributed by atoms with Gasteiger partial charge in [0.05, 0.1) is 25.2 Å². The molecule has 5 rings (SSSR count). The molecule has 5 aromatic rings. The zero-order chi connectivity index (χ0) is 26.5. The van der Waals surface area contributed by atoms with Gasteiger partial charge in [0.2, 0.25) is 0 Å². The van der Waals surface area contributed by atoms with Crippen molar-refractivity contribution in [2.24, 2.45) is 0 Å².